The van der Waals surface area contributed by atoms with Crippen LogP contribution in [-0.4, -0.2) is 24.5 Å². The third kappa shape index (κ3) is 3.72. The largest absolute Gasteiger partial charge is 0.478 e. The molecule has 0 aliphatic rings. The molecule has 2 N–H and O–H groups in total. The molecule has 0 aliphatic carbocycles. The van der Waals surface area contributed by atoms with Crippen LogP contribution in [0.1, 0.15) is 10.4 Å². The number of anilines is 1. The number of hydrogen-bond donors (Lipinski definition) is 2. The first-order valence-electron chi connectivity index (χ1n) is 5.47. The number of carboxylic acid groups (broad SMARTS) is 1. The summed E-state index contributed by atoms with van der Waals surface area (Å²) >= 11 is 9.08. The number of halogens is 2. The standard InChI is InChI=1S/C12H8BrClN2O4S/c13-8-1-2-10(9(14)6-8)21(19,20)16-11-5-7(12(17)18)3-4-15-11/h1-6H,(H,15,16)(H,17,18). The number of pyridine rings is 1. The van der Waals surface area contributed by atoms with E-state index in [1.807, 2.05) is 0 Å². The van der Waals surface area contributed by atoms with Crippen LogP contribution in [0.5, 0.6) is 0 Å². The zero-order valence-corrected chi connectivity index (χ0v) is 13.4. The van der Waals surface area contributed by atoms with Gasteiger partial charge in [-0.2, -0.15) is 0 Å². The first kappa shape index (κ1) is 15.7. The maximum Gasteiger partial charge on any atom is 0.335 e. The topological polar surface area (TPSA) is 96.4 Å². The van der Waals surface area contributed by atoms with Crippen molar-refractivity contribution in [3.05, 3.63) is 51.6 Å². The van der Waals surface area contributed by atoms with Crippen molar-refractivity contribution in [3.8, 4) is 0 Å². The van der Waals surface area contributed by atoms with Crippen molar-refractivity contribution in [2.24, 2.45) is 0 Å². The molecule has 1 aromatic carbocycles. The molecule has 0 saturated carbocycles. The third-order valence-corrected chi connectivity index (χ3v) is 4.76. The molecule has 0 unspecified atom stereocenters. The molecule has 0 radical (unpaired) electrons. The van der Waals surface area contributed by atoms with Gasteiger partial charge in [-0.25, -0.2) is 18.2 Å². The molecular formula is C12H8BrClN2O4S. The second-order valence-electron chi connectivity index (χ2n) is 3.92. The first-order chi connectivity index (χ1) is 9.79. The molecule has 21 heavy (non-hydrogen) atoms. The molecule has 2 rings (SSSR count). The molecular weight excluding hydrogens is 384 g/mol. The fourth-order valence-electron chi connectivity index (χ4n) is 1.51. The maximum absolute atomic E-state index is 12.2. The number of nitrogens with zero attached hydrogens (tertiary/aromatic N) is 1. The minimum Gasteiger partial charge on any atom is -0.478 e. The monoisotopic (exact) mass is 390 g/mol. The number of carboxylic acids is 1. The molecule has 0 aliphatic heterocycles. The fourth-order valence-corrected chi connectivity index (χ4v) is 3.54. The molecule has 0 bridgehead atoms. The van der Waals surface area contributed by atoms with Gasteiger partial charge < -0.3 is 5.11 Å². The third-order valence-electron chi connectivity index (χ3n) is 2.43. The molecule has 0 spiro atoms. The minimum atomic E-state index is -3.96. The van der Waals surface area contributed by atoms with Crippen molar-refractivity contribution in [3.63, 3.8) is 0 Å². The summed E-state index contributed by atoms with van der Waals surface area (Å²) in [5.41, 5.74) is -0.0791. The number of nitrogens with one attached hydrogen (secondary N) is 1. The fraction of sp³-hybridized carbons (Fsp3) is 0. The van der Waals surface area contributed by atoms with E-state index < -0.39 is 16.0 Å². The van der Waals surface area contributed by atoms with Crippen LogP contribution >= 0.6 is 27.5 Å². The Labute approximate surface area is 134 Å². The van der Waals surface area contributed by atoms with E-state index in [1.165, 1.54) is 30.5 Å². The van der Waals surface area contributed by atoms with Crippen LogP contribution in [0.4, 0.5) is 5.82 Å². The van der Waals surface area contributed by atoms with Crippen molar-refractivity contribution >= 4 is 49.3 Å². The maximum atomic E-state index is 12.2. The highest BCUT2D eigenvalue weighted by atomic mass is 79.9. The summed E-state index contributed by atoms with van der Waals surface area (Å²) in [6.07, 6.45) is 1.20. The summed E-state index contributed by atoms with van der Waals surface area (Å²) in [5.74, 6) is -1.28. The molecule has 2 aromatic rings. The van der Waals surface area contributed by atoms with Crippen LogP contribution in [0.3, 0.4) is 0 Å². The van der Waals surface area contributed by atoms with Crippen LogP contribution in [-0.2, 0) is 10.0 Å². The Bertz CT molecular complexity index is 811. The van der Waals surface area contributed by atoms with Crippen LogP contribution in [0.15, 0.2) is 45.9 Å². The summed E-state index contributed by atoms with van der Waals surface area (Å²) in [4.78, 5) is 14.5. The van der Waals surface area contributed by atoms with Crippen LogP contribution in [0.25, 0.3) is 0 Å². The van der Waals surface area contributed by atoms with Crippen molar-refractivity contribution in [2.75, 3.05) is 4.72 Å². The van der Waals surface area contributed by atoms with Gasteiger partial charge in [-0.15, -0.1) is 0 Å². The second-order valence-corrected chi connectivity index (χ2v) is 6.89. The number of aromatic carboxylic acids is 1. The average molecular weight is 392 g/mol. The highest BCUT2D eigenvalue weighted by molar-refractivity contribution is 9.10. The van der Waals surface area contributed by atoms with E-state index in [0.717, 1.165) is 6.07 Å². The van der Waals surface area contributed by atoms with Gasteiger partial charge in [0.25, 0.3) is 10.0 Å². The lowest BCUT2D eigenvalue weighted by Gasteiger charge is -2.09. The Morgan fingerprint density at radius 2 is 2.00 bits per heavy atom. The smallest absolute Gasteiger partial charge is 0.335 e. The van der Waals surface area contributed by atoms with Gasteiger partial charge in [0.15, 0.2) is 0 Å². The molecule has 110 valence electrons. The van der Waals surface area contributed by atoms with E-state index in [9.17, 15) is 13.2 Å². The van der Waals surface area contributed by atoms with E-state index >= 15 is 0 Å². The Kier molecular flexibility index (Phi) is 4.50. The van der Waals surface area contributed by atoms with Crippen LogP contribution < -0.4 is 4.72 Å². The zero-order chi connectivity index (χ0) is 15.6. The summed E-state index contributed by atoms with van der Waals surface area (Å²) < 4.78 is 27.3. The quantitative estimate of drug-likeness (QED) is 0.835. The molecule has 1 aromatic heterocycles. The summed E-state index contributed by atoms with van der Waals surface area (Å²) in [7, 11) is -3.96. The molecule has 0 atom stereocenters. The van der Waals surface area contributed by atoms with E-state index in [1.54, 1.807) is 0 Å². The van der Waals surface area contributed by atoms with Crippen LogP contribution in [0.2, 0.25) is 5.02 Å². The Hall–Kier alpha value is -1.64. The number of hydrogen-bond acceptors (Lipinski definition) is 4. The summed E-state index contributed by atoms with van der Waals surface area (Å²) in [6.45, 7) is 0. The average Bonchev–Trinajstić information content (AvgIpc) is 2.37. The second kappa shape index (κ2) is 6.00. The summed E-state index contributed by atoms with van der Waals surface area (Å²) in [6, 6.07) is 6.67. The predicted molar refractivity (Wildman–Crippen MR) is 81.2 cm³/mol. The predicted octanol–water partition coefficient (Wildman–Crippen LogP) is 3.00. The highest BCUT2D eigenvalue weighted by Crippen LogP contribution is 2.26. The molecule has 0 amide bonds. The van der Waals surface area contributed by atoms with E-state index in [2.05, 4.69) is 25.6 Å². The van der Waals surface area contributed by atoms with Crippen molar-refractivity contribution in [1.29, 1.82) is 0 Å². The summed E-state index contributed by atoms with van der Waals surface area (Å²) in [5, 5.41) is 8.90. The Morgan fingerprint density at radius 1 is 1.29 bits per heavy atom. The Balaban J connectivity index is 2.37. The van der Waals surface area contributed by atoms with Gasteiger partial charge in [-0.05, 0) is 30.3 Å². The molecule has 0 fully saturated rings. The lowest BCUT2D eigenvalue weighted by atomic mass is 10.3. The molecule has 0 saturated heterocycles. The van der Waals surface area contributed by atoms with Gasteiger partial charge in [0, 0.05) is 10.7 Å². The zero-order valence-electron chi connectivity index (χ0n) is 10.2. The number of sulfonamides is 1. The molecule has 6 nitrogen and oxygen atoms in total. The number of aromatic nitrogens is 1. The van der Waals surface area contributed by atoms with E-state index in [-0.39, 0.29) is 21.3 Å². The van der Waals surface area contributed by atoms with E-state index in [0.29, 0.717) is 4.47 Å². The number of carbonyl (C=O) groups is 1. The first-order valence-corrected chi connectivity index (χ1v) is 8.12. The Morgan fingerprint density at radius 3 is 2.62 bits per heavy atom. The molecule has 9 heteroatoms. The normalized spacial score (nSPS) is 11.1. The van der Waals surface area contributed by atoms with E-state index in [4.69, 9.17) is 16.7 Å². The van der Waals surface area contributed by atoms with Gasteiger partial charge in [-0.1, -0.05) is 27.5 Å². The van der Waals surface area contributed by atoms with Crippen molar-refractivity contribution in [1.82, 2.24) is 4.98 Å². The number of rotatable bonds is 4. The van der Waals surface area contributed by atoms with Gasteiger partial charge in [0.1, 0.15) is 10.7 Å². The SMILES string of the molecule is O=C(O)c1ccnc(NS(=O)(=O)c2ccc(Br)cc2Cl)c1. The highest BCUT2D eigenvalue weighted by Gasteiger charge is 2.19. The van der Waals surface area contributed by atoms with Gasteiger partial charge in [-0.3, -0.25) is 4.72 Å². The van der Waals surface area contributed by atoms with Crippen LogP contribution in [0, 0.1) is 0 Å². The van der Waals surface area contributed by atoms with Gasteiger partial charge >= 0.3 is 5.97 Å². The van der Waals surface area contributed by atoms with Crippen molar-refractivity contribution < 1.29 is 18.3 Å². The lowest BCUT2D eigenvalue weighted by Crippen LogP contribution is -2.15. The lowest BCUT2D eigenvalue weighted by molar-refractivity contribution is 0.0697. The molecule has 1 heterocycles. The number of benzene rings is 1. The minimum absolute atomic E-state index is 0.0336. The van der Waals surface area contributed by atoms with Crippen molar-refractivity contribution in [2.45, 2.75) is 4.90 Å². The van der Waals surface area contributed by atoms with Gasteiger partial charge in [0.05, 0.1) is 10.6 Å². The van der Waals surface area contributed by atoms with Gasteiger partial charge in [0.2, 0.25) is 0 Å².